The summed E-state index contributed by atoms with van der Waals surface area (Å²) >= 11 is 5.64. The highest BCUT2D eigenvalue weighted by atomic mass is 35.5. The zero-order chi connectivity index (χ0) is 14.8. The SMILES string of the molecule is CCC1OCCC1CNS(=O)(=O)c1c[nH]c(=O)c(Cl)c1. The van der Waals surface area contributed by atoms with Crippen molar-refractivity contribution in [3.63, 3.8) is 0 Å². The molecular weight excluding hydrogens is 304 g/mol. The number of H-pyrrole nitrogens is 1. The molecule has 1 aromatic heterocycles. The van der Waals surface area contributed by atoms with Crippen molar-refractivity contribution < 1.29 is 13.2 Å². The Hall–Kier alpha value is -0.890. The second-order valence-electron chi connectivity index (χ2n) is 4.73. The molecule has 0 aliphatic carbocycles. The van der Waals surface area contributed by atoms with Gasteiger partial charge in [-0.2, -0.15) is 0 Å². The molecule has 1 aliphatic heterocycles. The highest BCUT2D eigenvalue weighted by Gasteiger charge is 2.28. The number of halogens is 1. The van der Waals surface area contributed by atoms with E-state index in [1.54, 1.807) is 0 Å². The number of nitrogens with one attached hydrogen (secondary N) is 2. The van der Waals surface area contributed by atoms with E-state index in [2.05, 4.69) is 9.71 Å². The van der Waals surface area contributed by atoms with Gasteiger partial charge in [0.05, 0.1) is 11.0 Å². The first-order valence-corrected chi connectivity index (χ1v) is 8.29. The van der Waals surface area contributed by atoms with E-state index in [4.69, 9.17) is 16.3 Å². The van der Waals surface area contributed by atoms with Crippen molar-refractivity contribution in [3.05, 3.63) is 27.6 Å². The normalized spacial score (nSPS) is 23.1. The average molecular weight is 321 g/mol. The van der Waals surface area contributed by atoms with E-state index in [1.807, 2.05) is 6.92 Å². The number of aromatic amines is 1. The standard InChI is InChI=1S/C12H17ClN2O4S/c1-2-11-8(3-4-19-11)6-15-20(17,18)9-5-10(13)12(16)14-7-9/h5,7-8,11,15H,2-4,6H2,1H3,(H,14,16). The Labute approximate surface area is 122 Å². The molecule has 1 aliphatic rings. The largest absolute Gasteiger partial charge is 0.378 e. The summed E-state index contributed by atoms with van der Waals surface area (Å²) in [6, 6.07) is 1.14. The maximum Gasteiger partial charge on any atom is 0.266 e. The maximum atomic E-state index is 12.1. The Morgan fingerprint density at radius 1 is 1.55 bits per heavy atom. The lowest BCUT2D eigenvalue weighted by Crippen LogP contribution is -2.33. The van der Waals surface area contributed by atoms with E-state index in [1.165, 1.54) is 0 Å². The Kier molecular flexibility index (Phi) is 4.85. The van der Waals surface area contributed by atoms with E-state index in [0.29, 0.717) is 13.2 Å². The second kappa shape index (κ2) is 6.26. The van der Waals surface area contributed by atoms with Crippen LogP contribution in [0.15, 0.2) is 22.0 Å². The molecule has 0 bridgehead atoms. The third-order valence-electron chi connectivity index (χ3n) is 3.43. The molecule has 2 N–H and O–H groups in total. The fraction of sp³-hybridized carbons (Fsp3) is 0.583. The van der Waals surface area contributed by atoms with Crippen molar-refractivity contribution >= 4 is 21.6 Å². The predicted molar refractivity (Wildman–Crippen MR) is 75.4 cm³/mol. The minimum atomic E-state index is -3.68. The van der Waals surface area contributed by atoms with Crippen LogP contribution < -0.4 is 10.3 Å². The Bertz CT molecular complexity index is 629. The van der Waals surface area contributed by atoms with Crippen molar-refractivity contribution in [2.24, 2.45) is 5.92 Å². The number of hydrogen-bond acceptors (Lipinski definition) is 4. The van der Waals surface area contributed by atoms with Crippen LogP contribution >= 0.6 is 11.6 Å². The molecule has 6 nitrogen and oxygen atoms in total. The van der Waals surface area contributed by atoms with E-state index in [0.717, 1.165) is 25.1 Å². The first-order valence-electron chi connectivity index (χ1n) is 6.43. The van der Waals surface area contributed by atoms with Crippen molar-refractivity contribution in [2.45, 2.75) is 30.8 Å². The van der Waals surface area contributed by atoms with Crippen LogP contribution in [0.5, 0.6) is 0 Å². The van der Waals surface area contributed by atoms with Gasteiger partial charge in [-0.3, -0.25) is 4.79 Å². The lowest BCUT2D eigenvalue weighted by molar-refractivity contribution is 0.0884. The molecule has 1 saturated heterocycles. The van der Waals surface area contributed by atoms with Gasteiger partial charge in [0.2, 0.25) is 10.0 Å². The molecule has 112 valence electrons. The zero-order valence-electron chi connectivity index (χ0n) is 11.1. The quantitative estimate of drug-likeness (QED) is 0.851. The average Bonchev–Trinajstić information content (AvgIpc) is 2.87. The summed E-state index contributed by atoms with van der Waals surface area (Å²) in [5, 5.41) is -0.150. The van der Waals surface area contributed by atoms with Gasteiger partial charge in [0, 0.05) is 25.3 Å². The molecule has 0 aromatic carbocycles. The molecule has 2 unspecified atom stereocenters. The zero-order valence-corrected chi connectivity index (χ0v) is 12.6. The number of aromatic nitrogens is 1. The van der Waals surface area contributed by atoms with Crippen LogP contribution in [0.25, 0.3) is 0 Å². The number of ether oxygens (including phenoxy) is 1. The van der Waals surface area contributed by atoms with E-state index in [-0.39, 0.29) is 21.9 Å². The molecular formula is C12H17ClN2O4S. The van der Waals surface area contributed by atoms with Crippen LogP contribution in [0.4, 0.5) is 0 Å². The minimum Gasteiger partial charge on any atom is -0.378 e. The van der Waals surface area contributed by atoms with Gasteiger partial charge in [0.1, 0.15) is 5.02 Å². The van der Waals surface area contributed by atoms with Crippen LogP contribution in [0.2, 0.25) is 5.02 Å². The summed E-state index contributed by atoms with van der Waals surface area (Å²) in [6.45, 7) is 2.99. The molecule has 0 radical (unpaired) electrons. The lowest BCUT2D eigenvalue weighted by atomic mass is 10.0. The van der Waals surface area contributed by atoms with Crippen LogP contribution in [-0.4, -0.2) is 32.7 Å². The van der Waals surface area contributed by atoms with Crippen LogP contribution in [-0.2, 0) is 14.8 Å². The first-order chi connectivity index (χ1) is 9.44. The van der Waals surface area contributed by atoms with Gasteiger partial charge in [-0.05, 0) is 18.9 Å². The Morgan fingerprint density at radius 3 is 2.95 bits per heavy atom. The van der Waals surface area contributed by atoms with Crippen molar-refractivity contribution in [2.75, 3.05) is 13.2 Å². The molecule has 2 rings (SSSR count). The topological polar surface area (TPSA) is 88.3 Å². The highest BCUT2D eigenvalue weighted by Crippen LogP contribution is 2.23. The van der Waals surface area contributed by atoms with Gasteiger partial charge < -0.3 is 9.72 Å². The maximum absolute atomic E-state index is 12.1. The van der Waals surface area contributed by atoms with E-state index < -0.39 is 15.6 Å². The fourth-order valence-corrected chi connectivity index (χ4v) is 3.59. The van der Waals surface area contributed by atoms with Gasteiger partial charge in [0.15, 0.2) is 0 Å². The van der Waals surface area contributed by atoms with E-state index >= 15 is 0 Å². The van der Waals surface area contributed by atoms with Crippen LogP contribution in [0, 0.1) is 5.92 Å². The predicted octanol–water partition coefficient (Wildman–Crippen LogP) is 1.12. The number of rotatable bonds is 5. The third-order valence-corrected chi connectivity index (χ3v) is 5.11. The fourth-order valence-electron chi connectivity index (χ4n) is 2.27. The summed E-state index contributed by atoms with van der Waals surface area (Å²) in [5.41, 5.74) is -0.513. The lowest BCUT2D eigenvalue weighted by Gasteiger charge is -2.17. The van der Waals surface area contributed by atoms with Gasteiger partial charge in [-0.1, -0.05) is 18.5 Å². The van der Waals surface area contributed by atoms with Crippen molar-refractivity contribution in [3.8, 4) is 0 Å². The Balaban J connectivity index is 2.07. The molecule has 0 saturated carbocycles. The summed E-state index contributed by atoms with van der Waals surface area (Å²) in [5.74, 6) is 0.174. The van der Waals surface area contributed by atoms with Crippen molar-refractivity contribution in [1.82, 2.24) is 9.71 Å². The molecule has 0 amide bonds. The number of sulfonamides is 1. The smallest absolute Gasteiger partial charge is 0.266 e. The molecule has 0 spiro atoms. The molecule has 2 heterocycles. The van der Waals surface area contributed by atoms with Gasteiger partial charge in [-0.25, -0.2) is 13.1 Å². The van der Waals surface area contributed by atoms with Gasteiger partial charge in [-0.15, -0.1) is 0 Å². The summed E-state index contributed by atoms with van der Waals surface area (Å²) in [7, 11) is -3.68. The highest BCUT2D eigenvalue weighted by molar-refractivity contribution is 7.89. The monoisotopic (exact) mass is 320 g/mol. The third kappa shape index (κ3) is 3.41. The Morgan fingerprint density at radius 2 is 2.30 bits per heavy atom. The van der Waals surface area contributed by atoms with Crippen LogP contribution in [0.1, 0.15) is 19.8 Å². The van der Waals surface area contributed by atoms with Gasteiger partial charge in [0.25, 0.3) is 5.56 Å². The summed E-state index contributed by atoms with van der Waals surface area (Å²) in [4.78, 5) is 13.4. The second-order valence-corrected chi connectivity index (χ2v) is 6.90. The number of pyridine rings is 1. The van der Waals surface area contributed by atoms with E-state index in [9.17, 15) is 13.2 Å². The summed E-state index contributed by atoms with van der Waals surface area (Å²) < 4.78 is 32.3. The summed E-state index contributed by atoms with van der Waals surface area (Å²) in [6.07, 6.45) is 2.93. The van der Waals surface area contributed by atoms with Gasteiger partial charge >= 0.3 is 0 Å². The van der Waals surface area contributed by atoms with Crippen molar-refractivity contribution in [1.29, 1.82) is 0 Å². The van der Waals surface area contributed by atoms with Crippen LogP contribution in [0.3, 0.4) is 0 Å². The number of hydrogen-bond donors (Lipinski definition) is 2. The molecule has 8 heteroatoms. The molecule has 2 atom stereocenters. The first kappa shape index (κ1) is 15.5. The molecule has 1 aromatic rings. The molecule has 1 fully saturated rings. The minimum absolute atomic E-state index is 0.0472. The molecule has 20 heavy (non-hydrogen) atoms.